The van der Waals surface area contributed by atoms with Crippen LogP contribution < -0.4 is 0 Å². The first-order valence-corrected chi connectivity index (χ1v) is 8.69. The number of rotatable bonds is 3. The molecule has 3 heteroatoms. The maximum absolute atomic E-state index is 4.72. The summed E-state index contributed by atoms with van der Waals surface area (Å²) in [7, 11) is 2.20. The average Bonchev–Trinajstić information content (AvgIpc) is 3.13. The van der Waals surface area contributed by atoms with Gasteiger partial charge in [0, 0.05) is 24.0 Å². The van der Waals surface area contributed by atoms with Gasteiger partial charge in [-0.15, -0.1) is 0 Å². The molecule has 4 rings (SSSR count). The molecule has 0 atom stereocenters. The highest BCUT2D eigenvalue weighted by Crippen LogP contribution is 2.34. The highest BCUT2D eigenvalue weighted by atomic mass is 15.1. The normalized spacial score (nSPS) is 16.4. The lowest BCUT2D eigenvalue weighted by atomic mass is 9.98. The smallest absolute Gasteiger partial charge is 0.140 e. The van der Waals surface area contributed by atoms with Gasteiger partial charge in [-0.3, -0.25) is 0 Å². The number of likely N-dealkylation sites (tertiary alicyclic amines) is 1. The van der Waals surface area contributed by atoms with Crippen LogP contribution >= 0.6 is 0 Å². The van der Waals surface area contributed by atoms with Gasteiger partial charge >= 0.3 is 0 Å². The van der Waals surface area contributed by atoms with Gasteiger partial charge in [0.25, 0.3) is 0 Å². The number of hydrogen-bond acceptors (Lipinski definition) is 2. The van der Waals surface area contributed by atoms with Gasteiger partial charge in [0.15, 0.2) is 0 Å². The molecular weight excluding hydrogens is 294 g/mol. The first-order valence-electron chi connectivity index (χ1n) is 8.69. The summed E-state index contributed by atoms with van der Waals surface area (Å²) >= 11 is 0. The molecule has 24 heavy (non-hydrogen) atoms. The molecule has 1 aliphatic rings. The Morgan fingerprint density at radius 2 is 1.54 bits per heavy atom. The van der Waals surface area contributed by atoms with Crippen molar-refractivity contribution in [1.29, 1.82) is 0 Å². The zero-order valence-electron chi connectivity index (χ0n) is 14.1. The van der Waals surface area contributed by atoms with E-state index in [-0.39, 0.29) is 0 Å². The summed E-state index contributed by atoms with van der Waals surface area (Å²) in [6, 6.07) is 19.7. The molecule has 0 saturated carbocycles. The second kappa shape index (κ2) is 6.62. The Kier molecular flexibility index (Phi) is 4.18. The number of nitrogens with zero attached hydrogens (tertiary/aromatic N) is 3. The molecule has 2 heterocycles. The number of aromatic nitrogens is 2. The van der Waals surface area contributed by atoms with Crippen LogP contribution in [0.2, 0.25) is 0 Å². The van der Waals surface area contributed by atoms with Crippen LogP contribution in [0.5, 0.6) is 0 Å². The molecule has 0 unspecified atom stereocenters. The van der Waals surface area contributed by atoms with E-state index in [0.29, 0.717) is 6.04 Å². The van der Waals surface area contributed by atoms with Crippen molar-refractivity contribution in [2.24, 2.45) is 0 Å². The molecule has 1 aromatic heterocycles. The summed E-state index contributed by atoms with van der Waals surface area (Å²) in [4.78, 5) is 7.12. The largest absolute Gasteiger partial charge is 0.328 e. The van der Waals surface area contributed by atoms with Gasteiger partial charge in [0.2, 0.25) is 0 Å². The second-order valence-corrected chi connectivity index (χ2v) is 6.60. The minimum Gasteiger partial charge on any atom is -0.328 e. The summed E-state index contributed by atoms with van der Waals surface area (Å²) in [6.07, 6.45) is 6.46. The maximum Gasteiger partial charge on any atom is 0.140 e. The Balaban J connectivity index is 1.75. The summed E-state index contributed by atoms with van der Waals surface area (Å²) in [5, 5.41) is 0. The van der Waals surface area contributed by atoms with Crippen molar-refractivity contribution in [3.63, 3.8) is 0 Å². The number of imidazole rings is 1. The van der Waals surface area contributed by atoms with E-state index in [9.17, 15) is 0 Å². The average molecular weight is 317 g/mol. The summed E-state index contributed by atoms with van der Waals surface area (Å²) in [5.74, 6) is 1.09. The van der Waals surface area contributed by atoms with Gasteiger partial charge in [-0.1, -0.05) is 54.6 Å². The third-order valence-electron chi connectivity index (χ3n) is 5.00. The monoisotopic (exact) mass is 317 g/mol. The zero-order valence-corrected chi connectivity index (χ0v) is 14.1. The molecule has 0 bridgehead atoms. The van der Waals surface area contributed by atoms with Crippen molar-refractivity contribution in [2.75, 3.05) is 20.1 Å². The molecule has 1 aliphatic heterocycles. The van der Waals surface area contributed by atoms with E-state index in [0.717, 1.165) is 18.9 Å². The minimum atomic E-state index is 0.544. The standard InChI is InChI=1S/C21H23N3/c1-23-14-11-18(12-15-23)24-16-13-22-21(24)20-10-6-5-9-19(20)17-7-3-2-4-8-17/h2-10,13,16,18H,11-12,14-15H2,1H3. The topological polar surface area (TPSA) is 21.1 Å². The first kappa shape index (κ1) is 15.2. The molecule has 0 spiro atoms. The third kappa shape index (κ3) is 2.87. The van der Waals surface area contributed by atoms with E-state index >= 15 is 0 Å². The fourth-order valence-corrected chi connectivity index (χ4v) is 3.64. The molecule has 0 N–H and O–H groups in total. The molecule has 3 nitrogen and oxygen atoms in total. The molecule has 0 radical (unpaired) electrons. The molecule has 0 aliphatic carbocycles. The van der Waals surface area contributed by atoms with E-state index < -0.39 is 0 Å². The van der Waals surface area contributed by atoms with Gasteiger partial charge in [0.05, 0.1) is 0 Å². The highest BCUT2D eigenvalue weighted by molar-refractivity contribution is 5.80. The fraction of sp³-hybridized carbons (Fsp3) is 0.286. The lowest BCUT2D eigenvalue weighted by Gasteiger charge is -2.30. The highest BCUT2D eigenvalue weighted by Gasteiger charge is 2.21. The quantitative estimate of drug-likeness (QED) is 0.710. The van der Waals surface area contributed by atoms with Crippen LogP contribution in [-0.4, -0.2) is 34.6 Å². The van der Waals surface area contributed by atoms with Crippen molar-refractivity contribution in [1.82, 2.24) is 14.5 Å². The summed E-state index contributed by atoms with van der Waals surface area (Å²) in [6.45, 7) is 2.31. The van der Waals surface area contributed by atoms with Crippen LogP contribution in [0.1, 0.15) is 18.9 Å². The lowest BCUT2D eigenvalue weighted by molar-refractivity contribution is 0.222. The van der Waals surface area contributed by atoms with Gasteiger partial charge in [-0.05, 0) is 44.1 Å². The number of piperidine rings is 1. The van der Waals surface area contributed by atoms with E-state index in [1.54, 1.807) is 0 Å². The summed E-state index contributed by atoms with van der Waals surface area (Å²) in [5.41, 5.74) is 3.71. The minimum absolute atomic E-state index is 0.544. The number of hydrogen-bond donors (Lipinski definition) is 0. The molecule has 3 aromatic rings. The van der Waals surface area contributed by atoms with Crippen molar-refractivity contribution >= 4 is 0 Å². The first-order chi connectivity index (χ1) is 11.8. The predicted molar refractivity (Wildman–Crippen MR) is 98.9 cm³/mol. The van der Waals surface area contributed by atoms with Crippen LogP contribution in [0, 0.1) is 0 Å². The van der Waals surface area contributed by atoms with Crippen LogP contribution in [0.15, 0.2) is 67.0 Å². The second-order valence-electron chi connectivity index (χ2n) is 6.60. The Bertz CT molecular complexity index is 799. The Morgan fingerprint density at radius 3 is 2.29 bits per heavy atom. The van der Waals surface area contributed by atoms with Gasteiger partial charge in [-0.2, -0.15) is 0 Å². The van der Waals surface area contributed by atoms with Crippen molar-refractivity contribution < 1.29 is 0 Å². The van der Waals surface area contributed by atoms with E-state index in [1.807, 2.05) is 6.20 Å². The fourth-order valence-electron chi connectivity index (χ4n) is 3.64. The third-order valence-corrected chi connectivity index (χ3v) is 5.00. The van der Waals surface area contributed by atoms with Gasteiger partial charge in [-0.25, -0.2) is 4.98 Å². The molecule has 0 amide bonds. The van der Waals surface area contributed by atoms with Crippen LogP contribution in [-0.2, 0) is 0 Å². The molecular formula is C21H23N3. The van der Waals surface area contributed by atoms with E-state index in [2.05, 4.69) is 77.3 Å². The van der Waals surface area contributed by atoms with E-state index in [4.69, 9.17) is 4.98 Å². The number of benzene rings is 2. The Hall–Kier alpha value is -2.39. The van der Waals surface area contributed by atoms with Crippen molar-refractivity contribution in [2.45, 2.75) is 18.9 Å². The predicted octanol–water partition coefficient (Wildman–Crippen LogP) is 4.48. The molecule has 1 fully saturated rings. The van der Waals surface area contributed by atoms with Crippen LogP contribution in [0.3, 0.4) is 0 Å². The molecule has 122 valence electrons. The summed E-state index contributed by atoms with van der Waals surface area (Å²) < 4.78 is 2.38. The maximum atomic E-state index is 4.72. The van der Waals surface area contributed by atoms with Crippen molar-refractivity contribution in [3.05, 3.63) is 67.0 Å². The SMILES string of the molecule is CN1CCC(n2ccnc2-c2ccccc2-c2ccccc2)CC1. The Morgan fingerprint density at radius 1 is 0.875 bits per heavy atom. The molecule has 2 aromatic carbocycles. The van der Waals surface area contributed by atoms with E-state index in [1.165, 1.54) is 29.5 Å². The Labute approximate surface area is 143 Å². The zero-order chi connectivity index (χ0) is 16.4. The van der Waals surface area contributed by atoms with Crippen LogP contribution in [0.25, 0.3) is 22.5 Å². The van der Waals surface area contributed by atoms with Gasteiger partial charge in [0.1, 0.15) is 5.82 Å². The van der Waals surface area contributed by atoms with Crippen LogP contribution in [0.4, 0.5) is 0 Å². The van der Waals surface area contributed by atoms with Gasteiger partial charge < -0.3 is 9.47 Å². The lowest BCUT2D eigenvalue weighted by Crippen LogP contribution is -2.31. The molecule has 1 saturated heterocycles. The van der Waals surface area contributed by atoms with Crippen molar-refractivity contribution in [3.8, 4) is 22.5 Å².